The summed E-state index contributed by atoms with van der Waals surface area (Å²) in [7, 11) is -9.17. The summed E-state index contributed by atoms with van der Waals surface area (Å²) in [5.41, 5.74) is 0. The molecule has 0 atom stereocenters. The Kier molecular flexibility index (Phi) is 82.7. The Morgan fingerprint density at radius 1 is 0.474 bits per heavy atom. The number of hydrogen-bond donors (Lipinski definition) is 10. The van der Waals surface area contributed by atoms with Gasteiger partial charge in [0.1, 0.15) is 0 Å². The first-order valence-corrected chi connectivity index (χ1v) is 3.05. The van der Waals surface area contributed by atoms with Gasteiger partial charge in [-0.1, -0.05) is 0 Å². The molecule has 0 aromatic carbocycles. The molecule has 104 valence electrons. The van der Waals surface area contributed by atoms with Crippen molar-refractivity contribution in [2.45, 2.75) is 0 Å². The van der Waals surface area contributed by atoms with E-state index in [1.165, 1.54) is 0 Å². The summed E-state index contributed by atoms with van der Waals surface area (Å²) in [6.45, 7) is 0. The van der Waals surface area contributed by atoms with Crippen LogP contribution < -0.4 is 69.2 Å². The van der Waals surface area contributed by atoms with Crippen molar-refractivity contribution in [1.82, 2.24) is 0 Å². The van der Waals surface area contributed by atoms with Crippen LogP contribution in [0.25, 0.3) is 0 Å². The topological polar surface area (TPSA) is 280 Å². The molecule has 12 N–H and O–H groups in total. The van der Waals surface area contributed by atoms with Crippen LogP contribution in [0.5, 0.6) is 0 Å². The third-order valence-corrected chi connectivity index (χ3v) is 0. The van der Waals surface area contributed by atoms with Crippen molar-refractivity contribution in [3.05, 3.63) is 0 Å². The van der Waals surface area contributed by atoms with Gasteiger partial charge in [0, 0.05) is 0 Å². The van der Waals surface area contributed by atoms with E-state index in [-0.39, 0.29) is 64.6 Å². The van der Waals surface area contributed by atoms with Gasteiger partial charge >= 0.3 is 88.4 Å². The fourth-order valence-electron chi connectivity index (χ4n) is 0. The van der Waals surface area contributed by atoms with Gasteiger partial charge in [-0.3, -0.25) is 0 Å². The second-order valence-corrected chi connectivity index (χ2v) is 1.35. The quantitative estimate of drug-likeness (QED) is 0.186. The average Bonchev–Trinajstić information content (AvgIpc) is 1.76. The molecule has 0 fully saturated rings. The number of hydrogen-bond acceptors (Lipinski definition) is 12. The van der Waals surface area contributed by atoms with Crippen molar-refractivity contribution in [2.75, 3.05) is 0 Å². The molecule has 0 rings (SSSR count). The molecule has 0 aliphatic heterocycles. The molecule has 0 aromatic heterocycles. The second kappa shape index (κ2) is 36.7. The minimum absolute atomic E-state index is 0. The van der Waals surface area contributed by atoms with Crippen LogP contribution in [0.4, 0.5) is 0 Å². The van der Waals surface area contributed by atoms with Gasteiger partial charge < -0.3 is 65.8 Å². The standard InChI is InChI=1S/2BH3O3.2BH2O3.2Na.H2O/c4*2-1(3)4;;;/h2*2-4H;2*2-3H;;;1H2/q;;2*-1;2*+1;. The van der Waals surface area contributed by atoms with Crippen LogP contribution >= 0.6 is 0 Å². The fourth-order valence-corrected chi connectivity index (χ4v) is 0. The van der Waals surface area contributed by atoms with E-state index < -0.39 is 29.3 Å². The van der Waals surface area contributed by atoms with Gasteiger partial charge in [0.15, 0.2) is 0 Å². The SMILES string of the molecule is O.OB(O)O.OB(O)O.[Na+].[Na+].[O-]B(O)O.[O-]B(O)O. The van der Waals surface area contributed by atoms with E-state index in [0.29, 0.717) is 0 Å². The summed E-state index contributed by atoms with van der Waals surface area (Å²) in [6.07, 6.45) is 0. The Hall–Kier alpha value is 1.74. The molecular formula is H12B4Na2O13. The molecule has 19 heavy (non-hydrogen) atoms. The van der Waals surface area contributed by atoms with Crippen molar-refractivity contribution < 1.29 is 125 Å². The van der Waals surface area contributed by atoms with Crippen LogP contribution in [0.3, 0.4) is 0 Å². The van der Waals surface area contributed by atoms with E-state index in [4.69, 9.17) is 60.3 Å². The van der Waals surface area contributed by atoms with Crippen molar-refractivity contribution in [1.29, 1.82) is 0 Å². The van der Waals surface area contributed by atoms with E-state index in [1.807, 2.05) is 0 Å². The normalized spacial score (nSPS) is 5.68. The van der Waals surface area contributed by atoms with Gasteiger partial charge in [0.05, 0.1) is 0 Å². The fraction of sp³-hybridized carbons (Fsp3) is 0. The third kappa shape index (κ3) is 2050. The Morgan fingerprint density at radius 3 is 0.474 bits per heavy atom. The molecule has 19 heteroatoms. The van der Waals surface area contributed by atoms with Gasteiger partial charge in [-0.05, 0) is 0 Å². The monoisotopic (exact) mass is 310 g/mol. The first kappa shape index (κ1) is 42.8. The first-order valence-electron chi connectivity index (χ1n) is 3.05. The van der Waals surface area contributed by atoms with Crippen molar-refractivity contribution >= 4 is 29.3 Å². The van der Waals surface area contributed by atoms with E-state index in [0.717, 1.165) is 0 Å². The minimum atomic E-state index is -2.42. The van der Waals surface area contributed by atoms with E-state index in [2.05, 4.69) is 0 Å². The molecule has 0 saturated carbocycles. The first-order chi connectivity index (χ1) is 6.93. The summed E-state index contributed by atoms with van der Waals surface area (Å²) in [6, 6.07) is 0. The van der Waals surface area contributed by atoms with Crippen molar-refractivity contribution in [2.24, 2.45) is 0 Å². The summed E-state index contributed by atoms with van der Waals surface area (Å²) < 4.78 is 0. The Bertz CT molecular complexity index is 65.6. The molecule has 0 spiro atoms. The Morgan fingerprint density at radius 2 is 0.474 bits per heavy atom. The van der Waals surface area contributed by atoms with Crippen LogP contribution in [-0.2, 0) is 0 Å². The van der Waals surface area contributed by atoms with Crippen LogP contribution in [0.1, 0.15) is 0 Å². The second-order valence-electron chi connectivity index (χ2n) is 1.35. The largest absolute Gasteiger partial charge is 1.00 e. The molecule has 0 bridgehead atoms. The van der Waals surface area contributed by atoms with Crippen molar-refractivity contribution in [3.8, 4) is 0 Å². The number of rotatable bonds is 0. The van der Waals surface area contributed by atoms with E-state index >= 15 is 0 Å². The van der Waals surface area contributed by atoms with E-state index in [1.54, 1.807) is 0 Å². The summed E-state index contributed by atoms with van der Waals surface area (Å²) in [5.74, 6) is 0. The van der Waals surface area contributed by atoms with Crippen molar-refractivity contribution in [3.63, 3.8) is 0 Å². The van der Waals surface area contributed by atoms with Crippen LogP contribution in [0.2, 0.25) is 0 Å². The molecule has 0 aliphatic carbocycles. The van der Waals surface area contributed by atoms with Crippen LogP contribution in [-0.4, -0.2) is 85.0 Å². The zero-order valence-corrected chi connectivity index (χ0v) is 14.1. The maximum atomic E-state index is 8.64. The molecule has 0 unspecified atom stereocenters. The smallest absolute Gasteiger partial charge is 0.832 e. The predicted molar refractivity (Wildman–Crippen MR) is 48.8 cm³/mol. The molecular weight excluding hydrogens is 297 g/mol. The zero-order chi connectivity index (χ0) is 14.3. The van der Waals surface area contributed by atoms with Crippen LogP contribution in [0, 0.1) is 0 Å². The molecule has 0 aliphatic rings. The Labute approximate surface area is 153 Å². The van der Waals surface area contributed by atoms with Gasteiger partial charge in [0.2, 0.25) is 0 Å². The van der Waals surface area contributed by atoms with E-state index in [9.17, 15) is 0 Å². The molecule has 0 amide bonds. The van der Waals surface area contributed by atoms with Gasteiger partial charge in [-0.25, -0.2) is 0 Å². The Balaban J connectivity index is -0.0000000192. The van der Waals surface area contributed by atoms with Gasteiger partial charge in [-0.15, -0.1) is 0 Å². The third-order valence-electron chi connectivity index (χ3n) is 0. The molecule has 0 radical (unpaired) electrons. The minimum Gasteiger partial charge on any atom is -0.832 e. The maximum Gasteiger partial charge on any atom is 1.00 e. The van der Waals surface area contributed by atoms with Gasteiger partial charge in [-0.2, -0.15) is 0 Å². The summed E-state index contributed by atoms with van der Waals surface area (Å²) in [5, 5.41) is 88.5. The molecule has 0 saturated heterocycles. The zero-order valence-electron chi connectivity index (χ0n) is 10.1. The molecule has 0 heterocycles. The van der Waals surface area contributed by atoms with Gasteiger partial charge in [0.25, 0.3) is 0 Å². The molecule has 13 nitrogen and oxygen atoms in total. The predicted octanol–water partition coefficient (Wildman–Crippen LogP) is -16.3. The maximum absolute atomic E-state index is 8.64. The summed E-state index contributed by atoms with van der Waals surface area (Å²) >= 11 is 0. The average molecular weight is 309 g/mol. The molecule has 0 aromatic rings. The summed E-state index contributed by atoms with van der Waals surface area (Å²) in [4.78, 5) is 0. The van der Waals surface area contributed by atoms with Crippen LogP contribution in [0.15, 0.2) is 0 Å².